The van der Waals surface area contributed by atoms with Crippen LogP contribution in [0.15, 0.2) is 22.6 Å². The average molecular weight is 214 g/mol. The number of hydrogen-bond acceptors (Lipinski definition) is 4. The lowest BCUT2D eigenvalue weighted by Crippen LogP contribution is -1.81. The molecule has 0 fully saturated rings. The summed E-state index contributed by atoms with van der Waals surface area (Å²) in [7, 11) is 0. The van der Waals surface area contributed by atoms with Crippen LogP contribution in [0.4, 0.5) is 10.4 Å². The lowest BCUT2D eigenvalue weighted by Gasteiger charge is -1.97. The third kappa shape index (κ3) is 1.54. The third-order valence-corrected chi connectivity index (χ3v) is 1.91. The summed E-state index contributed by atoms with van der Waals surface area (Å²) in [4.78, 5) is 0. The van der Waals surface area contributed by atoms with Crippen LogP contribution in [0, 0.1) is 5.82 Å². The Labute approximate surface area is 83.5 Å². The standard InChI is InChI=1S/C8H5ClFN3O/c9-6-3-4(10)1-2-5(6)7-12-13-8(11)14-7/h1-3H,(H2,11,13). The molecule has 0 atom stereocenters. The van der Waals surface area contributed by atoms with Gasteiger partial charge in [0.2, 0.25) is 0 Å². The Morgan fingerprint density at radius 1 is 1.36 bits per heavy atom. The van der Waals surface area contributed by atoms with Crippen LogP contribution in [0.2, 0.25) is 5.02 Å². The van der Waals surface area contributed by atoms with E-state index in [1.165, 1.54) is 12.1 Å². The molecule has 4 nitrogen and oxygen atoms in total. The molecule has 0 aliphatic carbocycles. The van der Waals surface area contributed by atoms with Crippen molar-refractivity contribution in [3.05, 3.63) is 29.0 Å². The monoisotopic (exact) mass is 213 g/mol. The van der Waals surface area contributed by atoms with Crippen molar-refractivity contribution >= 4 is 17.6 Å². The quantitative estimate of drug-likeness (QED) is 0.788. The van der Waals surface area contributed by atoms with Crippen LogP contribution in [0.1, 0.15) is 0 Å². The number of hydrogen-bond donors (Lipinski definition) is 1. The molecule has 1 aromatic heterocycles. The van der Waals surface area contributed by atoms with Gasteiger partial charge in [-0.2, -0.15) is 0 Å². The molecular formula is C8H5ClFN3O. The maximum absolute atomic E-state index is 12.7. The van der Waals surface area contributed by atoms with E-state index in [-0.39, 0.29) is 16.9 Å². The molecule has 14 heavy (non-hydrogen) atoms. The first-order valence-corrected chi connectivity index (χ1v) is 4.09. The number of halogens is 2. The zero-order chi connectivity index (χ0) is 10.1. The predicted molar refractivity (Wildman–Crippen MR) is 49.1 cm³/mol. The summed E-state index contributed by atoms with van der Waals surface area (Å²) in [6.45, 7) is 0. The summed E-state index contributed by atoms with van der Waals surface area (Å²) < 4.78 is 17.6. The molecule has 2 aromatic rings. The second-order valence-electron chi connectivity index (χ2n) is 2.57. The van der Waals surface area contributed by atoms with Gasteiger partial charge in [0.25, 0.3) is 5.89 Å². The average Bonchev–Trinajstić information content (AvgIpc) is 2.51. The van der Waals surface area contributed by atoms with Crippen molar-refractivity contribution in [1.29, 1.82) is 0 Å². The van der Waals surface area contributed by atoms with Crippen LogP contribution in [0.3, 0.4) is 0 Å². The first kappa shape index (κ1) is 8.96. The van der Waals surface area contributed by atoms with E-state index in [4.69, 9.17) is 21.8 Å². The molecule has 0 saturated carbocycles. The van der Waals surface area contributed by atoms with Crippen LogP contribution in [-0.2, 0) is 0 Å². The molecule has 0 saturated heterocycles. The molecule has 0 amide bonds. The predicted octanol–water partition coefficient (Wildman–Crippen LogP) is 2.11. The first-order valence-electron chi connectivity index (χ1n) is 3.71. The number of anilines is 1. The normalized spacial score (nSPS) is 10.4. The fourth-order valence-corrected chi connectivity index (χ4v) is 1.25. The van der Waals surface area contributed by atoms with E-state index in [1.54, 1.807) is 0 Å². The van der Waals surface area contributed by atoms with Crippen molar-refractivity contribution < 1.29 is 8.81 Å². The SMILES string of the molecule is Nc1nnc(-c2ccc(F)cc2Cl)o1. The Morgan fingerprint density at radius 2 is 2.14 bits per heavy atom. The molecule has 2 rings (SSSR count). The van der Waals surface area contributed by atoms with Gasteiger partial charge in [-0.25, -0.2) is 4.39 Å². The van der Waals surface area contributed by atoms with E-state index < -0.39 is 5.82 Å². The van der Waals surface area contributed by atoms with Gasteiger partial charge < -0.3 is 10.2 Å². The molecule has 0 aliphatic heterocycles. The van der Waals surface area contributed by atoms with Crippen LogP contribution >= 0.6 is 11.6 Å². The lowest BCUT2D eigenvalue weighted by molar-refractivity contribution is 0.589. The molecule has 6 heteroatoms. The van der Waals surface area contributed by atoms with Gasteiger partial charge >= 0.3 is 6.01 Å². The third-order valence-electron chi connectivity index (χ3n) is 1.60. The van der Waals surface area contributed by atoms with Gasteiger partial charge in [-0.05, 0) is 18.2 Å². The second-order valence-corrected chi connectivity index (χ2v) is 2.98. The van der Waals surface area contributed by atoms with E-state index in [0.29, 0.717) is 5.56 Å². The van der Waals surface area contributed by atoms with Crippen molar-refractivity contribution in [1.82, 2.24) is 10.2 Å². The highest BCUT2D eigenvalue weighted by Crippen LogP contribution is 2.27. The van der Waals surface area contributed by atoms with Crippen LogP contribution in [0.25, 0.3) is 11.5 Å². The highest BCUT2D eigenvalue weighted by molar-refractivity contribution is 6.33. The van der Waals surface area contributed by atoms with Crippen molar-refractivity contribution in [2.75, 3.05) is 5.73 Å². The van der Waals surface area contributed by atoms with Gasteiger partial charge in [0.1, 0.15) is 5.82 Å². The summed E-state index contributed by atoms with van der Waals surface area (Å²) in [5, 5.41) is 7.30. The maximum Gasteiger partial charge on any atom is 0.313 e. The number of aromatic nitrogens is 2. The van der Waals surface area contributed by atoms with E-state index in [9.17, 15) is 4.39 Å². The Hall–Kier alpha value is -1.62. The number of rotatable bonds is 1. The molecule has 0 unspecified atom stereocenters. The van der Waals surface area contributed by atoms with Gasteiger partial charge in [0.15, 0.2) is 0 Å². The van der Waals surface area contributed by atoms with Crippen molar-refractivity contribution in [3.63, 3.8) is 0 Å². The van der Waals surface area contributed by atoms with Gasteiger partial charge in [0, 0.05) is 0 Å². The van der Waals surface area contributed by atoms with Gasteiger partial charge in [-0.15, -0.1) is 5.10 Å². The summed E-state index contributed by atoms with van der Waals surface area (Å²) in [6, 6.07) is 3.81. The minimum Gasteiger partial charge on any atom is -0.404 e. The highest BCUT2D eigenvalue weighted by atomic mass is 35.5. The lowest BCUT2D eigenvalue weighted by atomic mass is 10.2. The fraction of sp³-hybridized carbons (Fsp3) is 0. The largest absolute Gasteiger partial charge is 0.404 e. The molecular weight excluding hydrogens is 209 g/mol. The van der Waals surface area contributed by atoms with Crippen LogP contribution < -0.4 is 5.73 Å². The summed E-state index contributed by atoms with van der Waals surface area (Å²) in [6.07, 6.45) is 0. The number of nitrogen functional groups attached to an aromatic ring is 1. The zero-order valence-electron chi connectivity index (χ0n) is 6.87. The summed E-state index contributed by atoms with van der Waals surface area (Å²) in [5.74, 6) is -0.251. The Bertz CT molecular complexity index is 471. The summed E-state index contributed by atoms with van der Waals surface area (Å²) in [5.41, 5.74) is 5.69. The minimum atomic E-state index is -0.425. The molecule has 2 N–H and O–H groups in total. The van der Waals surface area contributed by atoms with E-state index >= 15 is 0 Å². The maximum atomic E-state index is 12.7. The Morgan fingerprint density at radius 3 is 2.71 bits per heavy atom. The molecule has 0 bridgehead atoms. The first-order chi connectivity index (χ1) is 6.66. The minimum absolute atomic E-state index is 0.0552. The van der Waals surface area contributed by atoms with E-state index in [0.717, 1.165) is 6.07 Å². The Balaban J connectivity index is 2.52. The van der Waals surface area contributed by atoms with Crippen molar-refractivity contribution in [2.24, 2.45) is 0 Å². The van der Waals surface area contributed by atoms with E-state index in [2.05, 4.69) is 10.2 Å². The molecule has 0 spiro atoms. The second kappa shape index (κ2) is 3.26. The van der Waals surface area contributed by atoms with Crippen LogP contribution in [-0.4, -0.2) is 10.2 Å². The van der Waals surface area contributed by atoms with Gasteiger partial charge in [-0.3, -0.25) is 0 Å². The van der Waals surface area contributed by atoms with Crippen molar-refractivity contribution in [3.8, 4) is 11.5 Å². The zero-order valence-corrected chi connectivity index (χ0v) is 7.62. The molecule has 1 heterocycles. The topological polar surface area (TPSA) is 64.9 Å². The van der Waals surface area contributed by atoms with Gasteiger partial charge in [-0.1, -0.05) is 16.7 Å². The highest BCUT2D eigenvalue weighted by Gasteiger charge is 2.10. The number of benzene rings is 1. The van der Waals surface area contributed by atoms with Crippen molar-refractivity contribution in [2.45, 2.75) is 0 Å². The summed E-state index contributed by atoms with van der Waals surface area (Å²) >= 11 is 5.76. The molecule has 0 aliphatic rings. The smallest absolute Gasteiger partial charge is 0.313 e. The molecule has 72 valence electrons. The van der Waals surface area contributed by atoms with Crippen LogP contribution in [0.5, 0.6) is 0 Å². The number of nitrogens with two attached hydrogens (primary N) is 1. The molecule has 0 radical (unpaired) electrons. The van der Waals surface area contributed by atoms with Gasteiger partial charge in [0.05, 0.1) is 10.6 Å². The number of nitrogens with zero attached hydrogens (tertiary/aromatic N) is 2. The Kier molecular flexibility index (Phi) is 2.09. The fourth-order valence-electron chi connectivity index (χ4n) is 1.01. The van der Waals surface area contributed by atoms with E-state index in [1.807, 2.05) is 0 Å². The molecule has 1 aromatic carbocycles.